The van der Waals surface area contributed by atoms with Gasteiger partial charge >= 0.3 is 0 Å². The normalized spacial score (nSPS) is 12.2. The van der Waals surface area contributed by atoms with Crippen LogP contribution in [0.3, 0.4) is 0 Å². The molecule has 122 valence electrons. The molecular weight excluding hydrogens is 391 g/mol. The van der Waals surface area contributed by atoms with Crippen molar-refractivity contribution in [3.63, 3.8) is 0 Å². The van der Waals surface area contributed by atoms with Gasteiger partial charge in [0.2, 0.25) is 10.0 Å². The highest BCUT2D eigenvalue weighted by Gasteiger charge is 2.04. The maximum Gasteiger partial charge on any atom is 0.211 e. The number of hydrogen-bond donors (Lipinski definition) is 3. The minimum absolute atomic E-state index is 0. The molecule has 0 aromatic rings. The summed E-state index contributed by atoms with van der Waals surface area (Å²) in [7, 11) is -1.35. The van der Waals surface area contributed by atoms with Gasteiger partial charge in [0.25, 0.3) is 0 Å². The van der Waals surface area contributed by atoms with E-state index in [1.165, 1.54) is 0 Å². The lowest BCUT2D eigenvalue weighted by atomic mass is 10.1. The zero-order chi connectivity index (χ0) is 14.7. The molecule has 20 heavy (non-hydrogen) atoms. The zero-order valence-corrected chi connectivity index (χ0v) is 16.0. The van der Waals surface area contributed by atoms with Crippen LogP contribution in [0.4, 0.5) is 0 Å². The van der Waals surface area contributed by atoms with E-state index in [2.05, 4.69) is 34.2 Å². The molecule has 3 N–H and O–H groups in total. The lowest BCUT2D eigenvalue weighted by Crippen LogP contribution is -2.39. The van der Waals surface area contributed by atoms with E-state index in [-0.39, 0.29) is 29.7 Å². The molecule has 0 aliphatic heterocycles. The zero-order valence-electron chi connectivity index (χ0n) is 12.9. The van der Waals surface area contributed by atoms with Crippen molar-refractivity contribution in [3.8, 4) is 0 Å². The summed E-state index contributed by atoms with van der Waals surface area (Å²) >= 11 is 0. The second-order valence-electron chi connectivity index (χ2n) is 4.76. The molecule has 0 fully saturated rings. The van der Waals surface area contributed by atoms with Gasteiger partial charge in [0.1, 0.15) is 0 Å². The highest BCUT2D eigenvalue weighted by atomic mass is 127. The van der Waals surface area contributed by atoms with Gasteiger partial charge < -0.3 is 10.6 Å². The highest BCUT2D eigenvalue weighted by Crippen LogP contribution is 1.95. The van der Waals surface area contributed by atoms with E-state index in [4.69, 9.17) is 0 Å². The molecule has 0 aliphatic carbocycles. The number of rotatable bonds is 9. The van der Waals surface area contributed by atoms with Crippen molar-refractivity contribution >= 4 is 40.0 Å². The first-order valence-electron chi connectivity index (χ1n) is 6.83. The summed E-state index contributed by atoms with van der Waals surface area (Å²) in [6.07, 6.45) is 1.82. The Balaban J connectivity index is 0. The van der Waals surface area contributed by atoms with Gasteiger partial charge in [-0.15, -0.1) is 24.0 Å². The largest absolute Gasteiger partial charge is 0.356 e. The van der Waals surface area contributed by atoms with Crippen LogP contribution in [-0.2, 0) is 10.0 Å². The standard InChI is InChI=1S/C12H28N4O2S.HI/c1-5-19(17,18)16-9-6-8-14-12(13-4)15-10-7-11(2)3;/h11,16H,5-10H2,1-4H3,(H2,13,14,15);1H. The molecule has 0 saturated heterocycles. The Hall–Kier alpha value is -0.0900. The van der Waals surface area contributed by atoms with Gasteiger partial charge in [-0.2, -0.15) is 0 Å². The van der Waals surface area contributed by atoms with Crippen LogP contribution in [0.2, 0.25) is 0 Å². The predicted octanol–water partition coefficient (Wildman–Crippen LogP) is 1.14. The summed E-state index contributed by atoms with van der Waals surface area (Å²) in [6, 6.07) is 0. The van der Waals surface area contributed by atoms with Crippen LogP contribution < -0.4 is 15.4 Å². The van der Waals surface area contributed by atoms with E-state index in [1.807, 2.05) is 0 Å². The average molecular weight is 420 g/mol. The Kier molecular flexibility index (Phi) is 14.0. The molecule has 0 spiro atoms. The quantitative estimate of drug-likeness (QED) is 0.226. The summed E-state index contributed by atoms with van der Waals surface area (Å²) in [4.78, 5) is 4.10. The molecule has 8 heteroatoms. The van der Waals surface area contributed by atoms with Crippen LogP contribution in [0.5, 0.6) is 0 Å². The summed E-state index contributed by atoms with van der Waals surface area (Å²) in [5, 5.41) is 6.37. The van der Waals surface area contributed by atoms with Crippen molar-refractivity contribution in [3.05, 3.63) is 0 Å². The van der Waals surface area contributed by atoms with Gasteiger partial charge in [0.05, 0.1) is 5.75 Å². The molecule has 0 unspecified atom stereocenters. The fourth-order valence-electron chi connectivity index (χ4n) is 1.32. The highest BCUT2D eigenvalue weighted by molar-refractivity contribution is 14.0. The van der Waals surface area contributed by atoms with E-state index in [9.17, 15) is 8.42 Å². The van der Waals surface area contributed by atoms with Crippen molar-refractivity contribution in [2.75, 3.05) is 32.4 Å². The molecule has 0 rings (SSSR count). The van der Waals surface area contributed by atoms with Crippen LogP contribution in [-0.4, -0.2) is 46.8 Å². The van der Waals surface area contributed by atoms with Gasteiger partial charge in [-0.3, -0.25) is 4.99 Å². The van der Waals surface area contributed by atoms with E-state index in [0.717, 1.165) is 25.3 Å². The van der Waals surface area contributed by atoms with E-state index >= 15 is 0 Å². The molecule has 0 atom stereocenters. The fraction of sp³-hybridized carbons (Fsp3) is 0.917. The van der Waals surface area contributed by atoms with Gasteiger partial charge in [-0.25, -0.2) is 13.1 Å². The molecule has 0 aliphatic rings. The Bertz CT molecular complexity index is 358. The van der Waals surface area contributed by atoms with Crippen molar-refractivity contribution in [1.29, 1.82) is 0 Å². The maximum absolute atomic E-state index is 11.2. The summed E-state index contributed by atoms with van der Waals surface area (Å²) < 4.78 is 24.9. The third-order valence-corrected chi connectivity index (χ3v) is 3.99. The van der Waals surface area contributed by atoms with Gasteiger partial charge in [-0.1, -0.05) is 13.8 Å². The molecule has 0 aromatic carbocycles. The van der Waals surface area contributed by atoms with Crippen LogP contribution >= 0.6 is 24.0 Å². The lowest BCUT2D eigenvalue weighted by Gasteiger charge is -2.12. The van der Waals surface area contributed by atoms with Crippen molar-refractivity contribution in [2.45, 2.75) is 33.6 Å². The third kappa shape index (κ3) is 12.9. The smallest absolute Gasteiger partial charge is 0.211 e. The number of hydrogen-bond acceptors (Lipinski definition) is 3. The molecule has 0 bridgehead atoms. The summed E-state index contributed by atoms with van der Waals surface area (Å²) in [6.45, 7) is 8.01. The van der Waals surface area contributed by atoms with Crippen molar-refractivity contribution in [1.82, 2.24) is 15.4 Å². The predicted molar refractivity (Wildman–Crippen MR) is 96.3 cm³/mol. The number of guanidine groups is 1. The SMILES string of the molecule is CCS(=O)(=O)NCCCNC(=NC)NCCC(C)C.I. The maximum atomic E-state index is 11.2. The lowest BCUT2D eigenvalue weighted by molar-refractivity contribution is 0.571. The second kappa shape index (κ2) is 12.6. The van der Waals surface area contributed by atoms with Crippen molar-refractivity contribution < 1.29 is 8.42 Å². The van der Waals surface area contributed by atoms with Gasteiger partial charge in [0.15, 0.2) is 5.96 Å². The van der Waals surface area contributed by atoms with E-state index in [1.54, 1.807) is 14.0 Å². The van der Waals surface area contributed by atoms with Crippen LogP contribution in [0.15, 0.2) is 4.99 Å². The van der Waals surface area contributed by atoms with Gasteiger partial charge in [-0.05, 0) is 25.7 Å². The topological polar surface area (TPSA) is 82.6 Å². The average Bonchev–Trinajstić information content (AvgIpc) is 2.35. The van der Waals surface area contributed by atoms with E-state index in [0.29, 0.717) is 19.0 Å². The Morgan fingerprint density at radius 2 is 1.75 bits per heavy atom. The second-order valence-corrected chi connectivity index (χ2v) is 6.86. The van der Waals surface area contributed by atoms with Crippen LogP contribution in [0, 0.1) is 5.92 Å². The third-order valence-electron chi connectivity index (χ3n) is 2.59. The van der Waals surface area contributed by atoms with Gasteiger partial charge in [0, 0.05) is 26.7 Å². The fourth-order valence-corrected chi connectivity index (χ4v) is 1.98. The molecule has 0 heterocycles. The molecular formula is C12H29IN4O2S. The van der Waals surface area contributed by atoms with Crippen LogP contribution in [0.1, 0.15) is 33.6 Å². The number of halogens is 1. The minimum Gasteiger partial charge on any atom is -0.356 e. The molecule has 0 saturated carbocycles. The molecule has 0 radical (unpaired) electrons. The summed E-state index contributed by atoms with van der Waals surface area (Å²) in [5.74, 6) is 1.55. The Labute approximate surface area is 140 Å². The Morgan fingerprint density at radius 3 is 2.25 bits per heavy atom. The summed E-state index contributed by atoms with van der Waals surface area (Å²) in [5.41, 5.74) is 0. The number of nitrogens with one attached hydrogen (secondary N) is 3. The number of sulfonamides is 1. The Morgan fingerprint density at radius 1 is 1.15 bits per heavy atom. The monoisotopic (exact) mass is 420 g/mol. The van der Waals surface area contributed by atoms with Crippen molar-refractivity contribution in [2.24, 2.45) is 10.9 Å². The molecule has 0 amide bonds. The molecule has 0 aromatic heterocycles. The van der Waals surface area contributed by atoms with E-state index < -0.39 is 10.0 Å². The molecule has 6 nitrogen and oxygen atoms in total. The first-order chi connectivity index (χ1) is 8.91. The van der Waals surface area contributed by atoms with Crippen LogP contribution in [0.25, 0.3) is 0 Å². The first kappa shape index (κ1) is 22.2. The first-order valence-corrected chi connectivity index (χ1v) is 8.48. The number of aliphatic imine (C=N–C) groups is 1. The number of nitrogens with zero attached hydrogens (tertiary/aromatic N) is 1. The minimum atomic E-state index is -3.07.